The van der Waals surface area contributed by atoms with E-state index < -0.39 is 0 Å². The second-order valence-electron chi connectivity index (χ2n) is 6.66. The van der Waals surface area contributed by atoms with Crippen molar-refractivity contribution >= 4 is 17.7 Å². The van der Waals surface area contributed by atoms with Crippen LogP contribution in [0.4, 0.5) is 10.3 Å². The highest BCUT2D eigenvalue weighted by Gasteiger charge is 2.28. The molecule has 0 bridgehead atoms. The van der Waals surface area contributed by atoms with Gasteiger partial charge in [-0.05, 0) is 38.1 Å². The lowest BCUT2D eigenvalue weighted by Crippen LogP contribution is -2.54. The Hall–Kier alpha value is -2.94. The predicted molar refractivity (Wildman–Crippen MR) is 99.4 cm³/mol. The standard InChI is InChI=1S/C19H23FN4O4/c1-13-11-17(28-22-13)21-19(26)14(2)23-7-9-24(10-8-23)18(25)12-27-16-5-3-15(20)4-6-16/h3-6,11,14H,7-10,12H2,1-2H3,(H,21,26). The molecule has 0 spiro atoms. The molecule has 1 atom stereocenters. The van der Waals surface area contributed by atoms with Crippen LogP contribution in [0.15, 0.2) is 34.9 Å². The third-order valence-corrected chi connectivity index (χ3v) is 4.64. The predicted octanol–water partition coefficient (Wildman–Crippen LogP) is 1.67. The molecule has 3 rings (SSSR count). The number of hydrogen-bond acceptors (Lipinski definition) is 6. The topological polar surface area (TPSA) is 87.9 Å². The minimum atomic E-state index is -0.363. The van der Waals surface area contributed by atoms with Gasteiger partial charge in [-0.2, -0.15) is 0 Å². The Kier molecular flexibility index (Phi) is 6.25. The fourth-order valence-corrected chi connectivity index (χ4v) is 2.94. The molecule has 1 aliphatic heterocycles. The first-order valence-corrected chi connectivity index (χ1v) is 9.07. The van der Waals surface area contributed by atoms with Crippen LogP contribution in [0.5, 0.6) is 5.75 Å². The number of anilines is 1. The molecule has 1 N–H and O–H groups in total. The van der Waals surface area contributed by atoms with Crippen molar-refractivity contribution in [1.29, 1.82) is 0 Å². The first-order valence-electron chi connectivity index (χ1n) is 9.07. The number of carbonyl (C=O) groups excluding carboxylic acids is 2. The summed E-state index contributed by atoms with van der Waals surface area (Å²) in [7, 11) is 0. The van der Waals surface area contributed by atoms with E-state index in [0.717, 1.165) is 0 Å². The second kappa shape index (κ2) is 8.83. The van der Waals surface area contributed by atoms with Gasteiger partial charge in [-0.1, -0.05) is 5.16 Å². The normalized spacial score (nSPS) is 15.9. The number of nitrogens with one attached hydrogen (secondary N) is 1. The lowest BCUT2D eigenvalue weighted by Gasteiger charge is -2.37. The molecule has 1 aromatic heterocycles. The summed E-state index contributed by atoms with van der Waals surface area (Å²) in [6, 6.07) is 6.82. The van der Waals surface area contributed by atoms with E-state index in [1.165, 1.54) is 24.3 Å². The van der Waals surface area contributed by atoms with Crippen molar-refractivity contribution in [2.24, 2.45) is 0 Å². The van der Waals surface area contributed by atoms with Gasteiger partial charge in [0.1, 0.15) is 11.6 Å². The highest BCUT2D eigenvalue weighted by molar-refractivity contribution is 5.93. The Labute approximate surface area is 162 Å². The van der Waals surface area contributed by atoms with Crippen molar-refractivity contribution in [3.05, 3.63) is 41.8 Å². The Bertz CT molecular complexity index is 816. The molecule has 1 unspecified atom stereocenters. The quantitative estimate of drug-likeness (QED) is 0.807. The largest absolute Gasteiger partial charge is 0.484 e. The lowest BCUT2D eigenvalue weighted by atomic mass is 10.2. The molecule has 2 aromatic rings. The van der Waals surface area contributed by atoms with E-state index in [1.54, 1.807) is 17.9 Å². The number of rotatable bonds is 6. The summed E-state index contributed by atoms with van der Waals surface area (Å²) in [5.74, 6) is 0.0858. The number of aromatic nitrogens is 1. The molecule has 1 aliphatic rings. The molecule has 28 heavy (non-hydrogen) atoms. The zero-order valence-corrected chi connectivity index (χ0v) is 15.9. The summed E-state index contributed by atoms with van der Waals surface area (Å²) in [5, 5.41) is 6.44. The maximum absolute atomic E-state index is 12.9. The number of aryl methyl sites for hydroxylation is 1. The van der Waals surface area contributed by atoms with E-state index in [1.807, 2.05) is 11.8 Å². The summed E-state index contributed by atoms with van der Waals surface area (Å²) in [5.41, 5.74) is 0.693. The Morgan fingerprint density at radius 1 is 1.25 bits per heavy atom. The van der Waals surface area contributed by atoms with Crippen LogP contribution >= 0.6 is 0 Å². The molecule has 0 radical (unpaired) electrons. The second-order valence-corrected chi connectivity index (χ2v) is 6.66. The zero-order valence-electron chi connectivity index (χ0n) is 15.9. The van der Waals surface area contributed by atoms with Gasteiger partial charge >= 0.3 is 0 Å². The van der Waals surface area contributed by atoms with Gasteiger partial charge in [0.2, 0.25) is 11.8 Å². The van der Waals surface area contributed by atoms with Gasteiger partial charge in [-0.25, -0.2) is 4.39 Å². The van der Waals surface area contributed by atoms with Crippen LogP contribution in [0.25, 0.3) is 0 Å². The van der Waals surface area contributed by atoms with E-state index in [4.69, 9.17) is 9.26 Å². The average Bonchev–Trinajstić information content (AvgIpc) is 3.11. The SMILES string of the molecule is Cc1cc(NC(=O)C(C)N2CCN(C(=O)COc3ccc(F)cc3)CC2)on1. The number of amides is 2. The van der Waals surface area contributed by atoms with Crippen molar-refractivity contribution in [3.8, 4) is 5.75 Å². The summed E-state index contributed by atoms with van der Waals surface area (Å²) >= 11 is 0. The third kappa shape index (κ3) is 5.07. The molecular weight excluding hydrogens is 367 g/mol. The number of hydrogen-bond donors (Lipinski definition) is 1. The van der Waals surface area contributed by atoms with Crippen molar-refractivity contribution in [2.75, 3.05) is 38.1 Å². The van der Waals surface area contributed by atoms with Gasteiger partial charge in [-0.3, -0.25) is 19.8 Å². The Balaban J connectivity index is 1.43. The van der Waals surface area contributed by atoms with Crippen LogP contribution in [0.2, 0.25) is 0 Å². The molecule has 1 fully saturated rings. The maximum atomic E-state index is 12.9. The Morgan fingerprint density at radius 3 is 2.54 bits per heavy atom. The van der Waals surface area contributed by atoms with Crippen molar-refractivity contribution in [2.45, 2.75) is 19.9 Å². The van der Waals surface area contributed by atoms with Crippen LogP contribution < -0.4 is 10.1 Å². The van der Waals surface area contributed by atoms with Crippen LogP contribution in [-0.2, 0) is 9.59 Å². The van der Waals surface area contributed by atoms with Crippen molar-refractivity contribution < 1.29 is 23.2 Å². The van der Waals surface area contributed by atoms with Gasteiger partial charge in [0.15, 0.2) is 6.61 Å². The van der Waals surface area contributed by atoms with Crippen LogP contribution in [0, 0.1) is 12.7 Å². The summed E-state index contributed by atoms with van der Waals surface area (Å²) in [4.78, 5) is 28.4. The summed E-state index contributed by atoms with van der Waals surface area (Å²) < 4.78 is 23.3. The van der Waals surface area contributed by atoms with Gasteiger partial charge < -0.3 is 14.2 Å². The van der Waals surface area contributed by atoms with Crippen molar-refractivity contribution in [3.63, 3.8) is 0 Å². The molecule has 1 saturated heterocycles. The lowest BCUT2D eigenvalue weighted by molar-refractivity contribution is -0.135. The van der Waals surface area contributed by atoms with Crippen LogP contribution in [-0.4, -0.2) is 65.6 Å². The monoisotopic (exact) mass is 390 g/mol. The molecular formula is C19H23FN4O4. The molecule has 1 aromatic carbocycles. The first-order chi connectivity index (χ1) is 13.4. The van der Waals surface area contributed by atoms with Gasteiger partial charge in [0.25, 0.3) is 5.91 Å². The maximum Gasteiger partial charge on any atom is 0.260 e. The number of piperazine rings is 1. The molecule has 150 valence electrons. The highest BCUT2D eigenvalue weighted by atomic mass is 19.1. The average molecular weight is 390 g/mol. The minimum absolute atomic E-state index is 0.105. The fraction of sp³-hybridized carbons (Fsp3) is 0.421. The van der Waals surface area contributed by atoms with Crippen LogP contribution in [0.3, 0.4) is 0 Å². The number of halogens is 1. The zero-order chi connectivity index (χ0) is 20.1. The molecule has 0 saturated carbocycles. The molecule has 8 nitrogen and oxygen atoms in total. The number of benzene rings is 1. The number of ether oxygens (including phenoxy) is 1. The molecule has 2 heterocycles. The molecule has 0 aliphatic carbocycles. The van der Waals surface area contributed by atoms with Gasteiger partial charge in [0, 0.05) is 32.2 Å². The molecule has 2 amide bonds. The van der Waals surface area contributed by atoms with E-state index in [0.29, 0.717) is 43.5 Å². The summed E-state index contributed by atoms with van der Waals surface area (Å²) in [6.45, 7) is 5.65. The Morgan fingerprint density at radius 2 is 1.93 bits per heavy atom. The third-order valence-electron chi connectivity index (χ3n) is 4.64. The summed E-state index contributed by atoms with van der Waals surface area (Å²) in [6.07, 6.45) is 0. The number of nitrogens with zero attached hydrogens (tertiary/aromatic N) is 3. The first kappa shape index (κ1) is 19.8. The smallest absolute Gasteiger partial charge is 0.260 e. The van der Waals surface area contributed by atoms with E-state index >= 15 is 0 Å². The van der Waals surface area contributed by atoms with Gasteiger partial charge in [0.05, 0.1) is 11.7 Å². The minimum Gasteiger partial charge on any atom is -0.484 e. The number of carbonyl (C=O) groups is 2. The fourth-order valence-electron chi connectivity index (χ4n) is 2.94. The highest BCUT2D eigenvalue weighted by Crippen LogP contribution is 2.14. The van der Waals surface area contributed by atoms with E-state index in [2.05, 4.69) is 10.5 Å². The van der Waals surface area contributed by atoms with Crippen molar-refractivity contribution in [1.82, 2.24) is 15.0 Å². The van der Waals surface area contributed by atoms with E-state index in [-0.39, 0.29) is 30.3 Å². The van der Waals surface area contributed by atoms with Gasteiger partial charge in [-0.15, -0.1) is 0 Å². The van der Waals surface area contributed by atoms with E-state index in [9.17, 15) is 14.0 Å². The molecule has 9 heteroatoms. The van der Waals surface area contributed by atoms with Crippen LogP contribution in [0.1, 0.15) is 12.6 Å².